The minimum atomic E-state index is 0.347. The van der Waals surface area contributed by atoms with Crippen molar-refractivity contribution >= 4 is 11.6 Å². The molecule has 0 saturated heterocycles. The zero-order valence-electron chi connectivity index (χ0n) is 10.3. The van der Waals surface area contributed by atoms with Crippen molar-refractivity contribution in [3.8, 4) is 5.69 Å². The van der Waals surface area contributed by atoms with Crippen molar-refractivity contribution in [1.82, 2.24) is 15.0 Å². The largest absolute Gasteiger partial charge is 0.217 e. The van der Waals surface area contributed by atoms with Gasteiger partial charge in [0.15, 0.2) is 0 Å². The second-order valence-electron chi connectivity index (χ2n) is 4.46. The Morgan fingerprint density at radius 1 is 1.35 bits per heavy atom. The van der Waals surface area contributed by atoms with Gasteiger partial charge in [-0.25, -0.2) is 4.68 Å². The zero-order valence-corrected chi connectivity index (χ0v) is 11.1. The lowest BCUT2D eigenvalue weighted by Crippen LogP contribution is -2.05. The lowest BCUT2D eigenvalue weighted by Gasteiger charge is -2.10. The fourth-order valence-corrected chi connectivity index (χ4v) is 2.13. The summed E-state index contributed by atoms with van der Waals surface area (Å²) < 4.78 is 1.88. The van der Waals surface area contributed by atoms with Gasteiger partial charge in [0, 0.05) is 0 Å². The van der Waals surface area contributed by atoms with Gasteiger partial charge < -0.3 is 0 Å². The second kappa shape index (κ2) is 4.88. The molecule has 90 valence electrons. The molecule has 0 radical (unpaired) electrons. The van der Waals surface area contributed by atoms with Gasteiger partial charge in [-0.15, -0.1) is 16.7 Å². The van der Waals surface area contributed by atoms with Crippen LogP contribution in [0.1, 0.15) is 36.7 Å². The Kier molecular flexibility index (Phi) is 3.48. The molecule has 4 heteroatoms. The SMILES string of the molecule is Cc1cccc(-n2nnc(CCl)c2C(C)C)c1. The molecule has 0 fully saturated rings. The first-order valence-electron chi connectivity index (χ1n) is 5.71. The lowest BCUT2D eigenvalue weighted by atomic mass is 10.1. The number of halogens is 1. The highest BCUT2D eigenvalue weighted by Crippen LogP contribution is 2.22. The van der Waals surface area contributed by atoms with Crippen molar-refractivity contribution in [2.75, 3.05) is 0 Å². The number of benzene rings is 1. The molecule has 0 spiro atoms. The summed E-state index contributed by atoms with van der Waals surface area (Å²) in [4.78, 5) is 0. The Balaban J connectivity index is 2.56. The molecule has 0 amide bonds. The number of hydrogen-bond donors (Lipinski definition) is 0. The minimum Gasteiger partial charge on any atom is -0.217 e. The van der Waals surface area contributed by atoms with Crippen LogP contribution in [0.2, 0.25) is 0 Å². The summed E-state index contributed by atoms with van der Waals surface area (Å²) >= 11 is 5.89. The normalized spacial score (nSPS) is 11.1. The molecule has 0 N–H and O–H groups in total. The van der Waals surface area contributed by atoms with Crippen LogP contribution >= 0.6 is 11.6 Å². The monoisotopic (exact) mass is 249 g/mol. The predicted octanol–water partition coefficient (Wildman–Crippen LogP) is 3.44. The molecule has 17 heavy (non-hydrogen) atoms. The quantitative estimate of drug-likeness (QED) is 0.781. The number of aromatic nitrogens is 3. The number of aryl methyl sites for hydroxylation is 1. The van der Waals surface area contributed by atoms with Crippen LogP contribution in [0.4, 0.5) is 0 Å². The second-order valence-corrected chi connectivity index (χ2v) is 4.73. The van der Waals surface area contributed by atoms with Crippen LogP contribution in [0.15, 0.2) is 24.3 Å². The van der Waals surface area contributed by atoms with Gasteiger partial charge in [-0.1, -0.05) is 31.2 Å². The molecule has 1 aromatic carbocycles. The van der Waals surface area contributed by atoms with E-state index in [1.54, 1.807) is 0 Å². The zero-order chi connectivity index (χ0) is 12.4. The summed E-state index contributed by atoms with van der Waals surface area (Å²) in [6.45, 7) is 6.32. The smallest absolute Gasteiger partial charge is 0.101 e. The van der Waals surface area contributed by atoms with Gasteiger partial charge in [-0.2, -0.15) is 0 Å². The van der Waals surface area contributed by atoms with E-state index in [1.165, 1.54) is 5.56 Å². The average molecular weight is 250 g/mol. The third-order valence-corrected chi connectivity index (χ3v) is 2.95. The van der Waals surface area contributed by atoms with Gasteiger partial charge in [0.2, 0.25) is 0 Å². The fourth-order valence-electron chi connectivity index (χ4n) is 1.94. The van der Waals surface area contributed by atoms with Crippen molar-refractivity contribution in [3.63, 3.8) is 0 Å². The highest BCUT2D eigenvalue weighted by molar-refractivity contribution is 6.16. The summed E-state index contributed by atoms with van der Waals surface area (Å²) in [6.07, 6.45) is 0. The van der Waals surface area contributed by atoms with E-state index >= 15 is 0 Å². The Hall–Kier alpha value is -1.35. The summed E-state index contributed by atoms with van der Waals surface area (Å²) in [6, 6.07) is 8.22. The molecule has 0 aliphatic rings. The van der Waals surface area contributed by atoms with Crippen LogP contribution in [0, 0.1) is 6.92 Å². The molecule has 1 aromatic heterocycles. The first-order valence-corrected chi connectivity index (χ1v) is 6.24. The van der Waals surface area contributed by atoms with Crippen LogP contribution in [-0.2, 0) is 5.88 Å². The van der Waals surface area contributed by atoms with E-state index in [0.717, 1.165) is 17.1 Å². The van der Waals surface area contributed by atoms with Crippen LogP contribution < -0.4 is 0 Å². The first-order chi connectivity index (χ1) is 8.13. The summed E-state index contributed by atoms with van der Waals surface area (Å²) in [5, 5.41) is 8.34. The molecule has 1 heterocycles. The molecule has 0 saturated carbocycles. The van der Waals surface area contributed by atoms with Crippen LogP contribution in [-0.4, -0.2) is 15.0 Å². The van der Waals surface area contributed by atoms with Crippen molar-refractivity contribution in [2.45, 2.75) is 32.6 Å². The Morgan fingerprint density at radius 3 is 2.71 bits per heavy atom. The van der Waals surface area contributed by atoms with Gasteiger partial charge in [-0.3, -0.25) is 0 Å². The van der Waals surface area contributed by atoms with E-state index in [9.17, 15) is 0 Å². The Labute approximate surface area is 106 Å². The van der Waals surface area contributed by atoms with E-state index in [0.29, 0.717) is 11.8 Å². The Bertz CT molecular complexity index is 517. The van der Waals surface area contributed by atoms with Gasteiger partial charge in [-0.05, 0) is 30.5 Å². The van der Waals surface area contributed by atoms with E-state index in [2.05, 4.69) is 43.2 Å². The highest BCUT2D eigenvalue weighted by Gasteiger charge is 2.16. The van der Waals surface area contributed by atoms with E-state index in [-0.39, 0.29) is 0 Å². The number of hydrogen-bond acceptors (Lipinski definition) is 2. The maximum absolute atomic E-state index is 5.89. The molecule has 0 bridgehead atoms. The predicted molar refractivity (Wildman–Crippen MR) is 69.7 cm³/mol. The van der Waals surface area contributed by atoms with Gasteiger partial charge in [0.25, 0.3) is 0 Å². The van der Waals surface area contributed by atoms with Crippen molar-refractivity contribution in [3.05, 3.63) is 41.2 Å². The van der Waals surface area contributed by atoms with Crippen LogP contribution in [0.5, 0.6) is 0 Å². The van der Waals surface area contributed by atoms with E-state index < -0.39 is 0 Å². The first kappa shape index (κ1) is 12.1. The molecule has 2 aromatic rings. The lowest BCUT2D eigenvalue weighted by molar-refractivity contribution is 0.714. The maximum atomic E-state index is 5.89. The van der Waals surface area contributed by atoms with Crippen molar-refractivity contribution < 1.29 is 0 Å². The van der Waals surface area contributed by atoms with Gasteiger partial charge in [0.1, 0.15) is 5.69 Å². The van der Waals surface area contributed by atoms with Gasteiger partial charge >= 0.3 is 0 Å². The third-order valence-electron chi connectivity index (χ3n) is 2.70. The van der Waals surface area contributed by atoms with E-state index in [4.69, 9.17) is 11.6 Å². The third kappa shape index (κ3) is 2.34. The summed E-state index contributed by atoms with van der Waals surface area (Å²) in [5.74, 6) is 0.749. The molecule has 2 rings (SSSR count). The van der Waals surface area contributed by atoms with Crippen molar-refractivity contribution in [2.24, 2.45) is 0 Å². The molecule has 0 aliphatic heterocycles. The Morgan fingerprint density at radius 2 is 2.12 bits per heavy atom. The molecule has 0 aliphatic carbocycles. The molecular formula is C13H16ClN3. The van der Waals surface area contributed by atoms with E-state index in [1.807, 2.05) is 16.8 Å². The summed E-state index contributed by atoms with van der Waals surface area (Å²) in [5.41, 5.74) is 4.20. The highest BCUT2D eigenvalue weighted by atomic mass is 35.5. The standard InChI is InChI=1S/C13H16ClN3/c1-9(2)13-12(8-14)15-16-17(13)11-6-4-5-10(3)7-11/h4-7,9H,8H2,1-3H3. The van der Waals surface area contributed by atoms with Crippen molar-refractivity contribution in [1.29, 1.82) is 0 Å². The van der Waals surface area contributed by atoms with Crippen LogP contribution in [0.25, 0.3) is 5.69 Å². The minimum absolute atomic E-state index is 0.347. The number of rotatable bonds is 3. The number of nitrogens with zero attached hydrogens (tertiary/aromatic N) is 3. The average Bonchev–Trinajstić information content (AvgIpc) is 2.72. The van der Waals surface area contributed by atoms with Gasteiger partial charge in [0.05, 0.1) is 17.3 Å². The van der Waals surface area contributed by atoms with Crippen LogP contribution in [0.3, 0.4) is 0 Å². The maximum Gasteiger partial charge on any atom is 0.101 e. The molecular weight excluding hydrogens is 234 g/mol. The molecule has 3 nitrogen and oxygen atoms in total. The topological polar surface area (TPSA) is 30.7 Å². The fraction of sp³-hybridized carbons (Fsp3) is 0.385. The number of alkyl halides is 1. The molecule has 0 unspecified atom stereocenters. The summed E-state index contributed by atoms with van der Waals surface area (Å²) in [7, 11) is 0. The molecule has 0 atom stereocenters.